The molecule has 1 rings (SSSR count). The quantitative estimate of drug-likeness (QED) is 0.662. The van der Waals surface area contributed by atoms with Crippen LogP contribution in [0.3, 0.4) is 0 Å². The molecular formula is C9H16N4. The van der Waals surface area contributed by atoms with Crippen LogP contribution in [0.25, 0.3) is 0 Å². The van der Waals surface area contributed by atoms with Crippen molar-refractivity contribution in [2.45, 2.75) is 26.3 Å². The van der Waals surface area contributed by atoms with Crippen LogP contribution in [0.2, 0.25) is 0 Å². The maximum atomic E-state index is 5.51. The summed E-state index contributed by atoms with van der Waals surface area (Å²) >= 11 is 0. The molecule has 1 heterocycles. The maximum Gasteiger partial charge on any atom is 0.144 e. The molecule has 3 N–H and O–H groups in total. The summed E-state index contributed by atoms with van der Waals surface area (Å²) in [6, 6.07) is 1.69. The highest BCUT2D eigenvalue weighted by atomic mass is 15.0. The summed E-state index contributed by atoms with van der Waals surface area (Å²) < 4.78 is 0. The Hall–Kier alpha value is -1.16. The molecule has 0 atom stereocenters. The molecule has 1 aromatic heterocycles. The van der Waals surface area contributed by atoms with Crippen LogP contribution in [-0.2, 0) is 6.54 Å². The fraction of sp³-hybridized carbons (Fsp3) is 0.556. The normalized spacial score (nSPS) is 10.2. The van der Waals surface area contributed by atoms with Gasteiger partial charge in [-0.3, -0.25) is 0 Å². The number of nitrogens with zero attached hydrogens (tertiary/aromatic N) is 2. The van der Waals surface area contributed by atoms with E-state index in [1.54, 1.807) is 12.3 Å². The first-order valence-electron chi connectivity index (χ1n) is 4.61. The lowest BCUT2D eigenvalue weighted by Gasteiger charge is -2.02. The average molecular weight is 180 g/mol. The molecule has 1 aromatic rings. The Labute approximate surface area is 78.6 Å². The van der Waals surface area contributed by atoms with Gasteiger partial charge >= 0.3 is 0 Å². The average Bonchev–Trinajstić information content (AvgIpc) is 2.13. The highest BCUT2D eigenvalue weighted by Gasteiger charge is 1.95. The van der Waals surface area contributed by atoms with Crippen molar-refractivity contribution >= 4 is 5.82 Å². The van der Waals surface area contributed by atoms with Crippen LogP contribution >= 0.6 is 0 Å². The van der Waals surface area contributed by atoms with E-state index in [2.05, 4.69) is 22.2 Å². The zero-order valence-electron chi connectivity index (χ0n) is 7.95. The zero-order valence-corrected chi connectivity index (χ0v) is 7.95. The van der Waals surface area contributed by atoms with E-state index in [4.69, 9.17) is 5.73 Å². The number of aromatic nitrogens is 2. The first-order chi connectivity index (χ1) is 6.33. The van der Waals surface area contributed by atoms with Crippen molar-refractivity contribution in [3.63, 3.8) is 0 Å². The molecule has 0 saturated heterocycles. The molecule has 72 valence electrons. The second-order valence-electron chi connectivity index (χ2n) is 2.93. The predicted molar refractivity (Wildman–Crippen MR) is 53.1 cm³/mol. The number of rotatable bonds is 5. The van der Waals surface area contributed by atoms with Gasteiger partial charge in [0.2, 0.25) is 0 Å². The van der Waals surface area contributed by atoms with Gasteiger partial charge in [0.25, 0.3) is 0 Å². The smallest absolute Gasteiger partial charge is 0.144 e. The SMILES string of the molecule is CCCCNCc1nccc(N)n1. The van der Waals surface area contributed by atoms with Gasteiger partial charge in [-0.05, 0) is 19.0 Å². The van der Waals surface area contributed by atoms with Crippen LogP contribution in [0.15, 0.2) is 12.3 Å². The molecule has 4 nitrogen and oxygen atoms in total. The largest absolute Gasteiger partial charge is 0.384 e. The van der Waals surface area contributed by atoms with Gasteiger partial charge in [0.1, 0.15) is 11.6 Å². The van der Waals surface area contributed by atoms with Gasteiger partial charge < -0.3 is 11.1 Å². The van der Waals surface area contributed by atoms with Gasteiger partial charge in [-0.15, -0.1) is 0 Å². The lowest BCUT2D eigenvalue weighted by atomic mass is 10.3. The summed E-state index contributed by atoms with van der Waals surface area (Å²) in [6.45, 7) is 3.87. The third kappa shape index (κ3) is 3.85. The summed E-state index contributed by atoms with van der Waals surface area (Å²) in [5, 5.41) is 3.25. The van der Waals surface area contributed by atoms with Crippen molar-refractivity contribution in [2.75, 3.05) is 12.3 Å². The zero-order chi connectivity index (χ0) is 9.52. The minimum absolute atomic E-state index is 0.530. The third-order valence-corrected chi connectivity index (χ3v) is 1.72. The molecule has 0 aliphatic rings. The van der Waals surface area contributed by atoms with E-state index in [-0.39, 0.29) is 0 Å². The molecule has 0 aliphatic heterocycles. The minimum atomic E-state index is 0.530. The second-order valence-corrected chi connectivity index (χ2v) is 2.93. The Kier molecular flexibility index (Phi) is 4.18. The second kappa shape index (κ2) is 5.48. The van der Waals surface area contributed by atoms with Gasteiger partial charge in [-0.2, -0.15) is 0 Å². The number of hydrogen-bond acceptors (Lipinski definition) is 4. The van der Waals surface area contributed by atoms with E-state index < -0.39 is 0 Å². The lowest BCUT2D eigenvalue weighted by Crippen LogP contribution is -2.16. The van der Waals surface area contributed by atoms with E-state index in [0.29, 0.717) is 12.4 Å². The van der Waals surface area contributed by atoms with Gasteiger partial charge in [0.05, 0.1) is 6.54 Å². The van der Waals surface area contributed by atoms with Crippen molar-refractivity contribution in [2.24, 2.45) is 0 Å². The topological polar surface area (TPSA) is 63.8 Å². The Morgan fingerprint density at radius 1 is 1.54 bits per heavy atom. The monoisotopic (exact) mass is 180 g/mol. The van der Waals surface area contributed by atoms with E-state index in [0.717, 1.165) is 12.4 Å². The summed E-state index contributed by atoms with van der Waals surface area (Å²) in [5.41, 5.74) is 5.51. The molecule has 0 aliphatic carbocycles. The van der Waals surface area contributed by atoms with E-state index >= 15 is 0 Å². The van der Waals surface area contributed by atoms with Crippen molar-refractivity contribution in [3.05, 3.63) is 18.1 Å². The van der Waals surface area contributed by atoms with Crippen molar-refractivity contribution in [1.82, 2.24) is 15.3 Å². The van der Waals surface area contributed by atoms with Crippen LogP contribution < -0.4 is 11.1 Å². The number of hydrogen-bond donors (Lipinski definition) is 2. The van der Waals surface area contributed by atoms with Gasteiger partial charge in [-0.1, -0.05) is 13.3 Å². The summed E-state index contributed by atoms with van der Waals surface area (Å²) in [4.78, 5) is 8.16. The minimum Gasteiger partial charge on any atom is -0.384 e. The van der Waals surface area contributed by atoms with Crippen molar-refractivity contribution in [1.29, 1.82) is 0 Å². The first kappa shape index (κ1) is 9.92. The number of nitrogen functional groups attached to an aromatic ring is 1. The molecule has 0 saturated carbocycles. The first-order valence-corrected chi connectivity index (χ1v) is 4.61. The van der Waals surface area contributed by atoms with Crippen molar-refractivity contribution in [3.8, 4) is 0 Å². The third-order valence-electron chi connectivity index (χ3n) is 1.72. The van der Waals surface area contributed by atoms with E-state index in [1.165, 1.54) is 12.8 Å². The molecule has 0 radical (unpaired) electrons. The van der Waals surface area contributed by atoms with Crippen LogP contribution in [-0.4, -0.2) is 16.5 Å². The summed E-state index contributed by atoms with van der Waals surface area (Å²) in [7, 11) is 0. The number of anilines is 1. The van der Waals surface area contributed by atoms with Crippen molar-refractivity contribution < 1.29 is 0 Å². The van der Waals surface area contributed by atoms with Crippen LogP contribution in [0.1, 0.15) is 25.6 Å². The van der Waals surface area contributed by atoms with Gasteiger partial charge in [-0.25, -0.2) is 9.97 Å². The molecule has 0 aromatic carbocycles. The fourth-order valence-corrected chi connectivity index (χ4v) is 1.00. The molecule has 4 heteroatoms. The van der Waals surface area contributed by atoms with Crippen LogP contribution in [0.4, 0.5) is 5.82 Å². The van der Waals surface area contributed by atoms with Gasteiger partial charge in [0.15, 0.2) is 0 Å². The standard InChI is InChI=1S/C9H16N4/c1-2-3-5-11-7-9-12-6-4-8(10)13-9/h4,6,11H,2-3,5,7H2,1H3,(H2,10,12,13). The molecule has 0 bridgehead atoms. The molecule has 13 heavy (non-hydrogen) atoms. The Balaban J connectivity index is 2.28. The highest BCUT2D eigenvalue weighted by Crippen LogP contribution is 1.95. The summed E-state index contributed by atoms with van der Waals surface area (Å²) in [6.07, 6.45) is 4.06. The Bertz CT molecular complexity index is 249. The van der Waals surface area contributed by atoms with E-state index in [9.17, 15) is 0 Å². The molecule has 0 fully saturated rings. The maximum absolute atomic E-state index is 5.51. The Morgan fingerprint density at radius 3 is 3.08 bits per heavy atom. The van der Waals surface area contributed by atoms with Crippen LogP contribution in [0.5, 0.6) is 0 Å². The predicted octanol–water partition coefficient (Wildman–Crippen LogP) is 0.948. The molecular weight excluding hydrogens is 164 g/mol. The highest BCUT2D eigenvalue weighted by molar-refractivity contribution is 5.24. The molecule has 0 unspecified atom stereocenters. The number of nitrogens with two attached hydrogens (primary N) is 1. The molecule has 0 spiro atoms. The Morgan fingerprint density at radius 2 is 2.38 bits per heavy atom. The summed E-state index contributed by atoms with van der Waals surface area (Å²) in [5.74, 6) is 1.29. The van der Waals surface area contributed by atoms with Gasteiger partial charge in [0, 0.05) is 6.20 Å². The van der Waals surface area contributed by atoms with E-state index in [1.807, 2.05) is 0 Å². The number of unbranched alkanes of at least 4 members (excludes halogenated alkanes) is 1. The fourth-order valence-electron chi connectivity index (χ4n) is 1.00. The number of nitrogens with one attached hydrogen (secondary N) is 1. The molecule has 0 amide bonds. The lowest BCUT2D eigenvalue weighted by molar-refractivity contribution is 0.623. The van der Waals surface area contributed by atoms with Crippen LogP contribution in [0, 0.1) is 0 Å².